The Morgan fingerprint density at radius 1 is 1.40 bits per heavy atom. The van der Waals surface area contributed by atoms with E-state index in [1.807, 2.05) is 17.8 Å². The highest BCUT2D eigenvalue weighted by atomic mass is 32.2. The highest BCUT2D eigenvalue weighted by molar-refractivity contribution is 8.00. The van der Waals surface area contributed by atoms with E-state index >= 15 is 0 Å². The Morgan fingerprint density at radius 2 is 2.25 bits per heavy atom. The van der Waals surface area contributed by atoms with E-state index < -0.39 is 0 Å². The molecular formula is C16H23FN2S. The van der Waals surface area contributed by atoms with E-state index in [4.69, 9.17) is 0 Å². The third-order valence-corrected chi connectivity index (χ3v) is 5.51. The highest BCUT2D eigenvalue weighted by Gasteiger charge is 2.25. The molecule has 1 N–H and O–H groups in total. The first-order chi connectivity index (χ1) is 9.78. The monoisotopic (exact) mass is 294 g/mol. The Balaban J connectivity index is 1.78. The predicted octanol–water partition coefficient (Wildman–Crippen LogP) is 3.41. The molecule has 2 fully saturated rings. The number of nitrogens with zero attached hydrogens (tertiary/aromatic N) is 1. The van der Waals surface area contributed by atoms with Gasteiger partial charge in [-0.15, -0.1) is 0 Å². The molecule has 20 heavy (non-hydrogen) atoms. The fraction of sp³-hybridized carbons (Fsp3) is 0.625. The second kappa shape index (κ2) is 6.35. The van der Waals surface area contributed by atoms with Crippen molar-refractivity contribution >= 4 is 17.4 Å². The number of hydrogen-bond acceptors (Lipinski definition) is 3. The molecule has 1 atom stereocenters. The predicted molar refractivity (Wildman–Crippen MR) is 85.0 cm³/mol. The van der Waals surface area contributed by atoms with Gasteiger partial charge in [0, 0.05) is 36.7 Å². The van der Waals surface area contributed by atoms with Gasteiger partial charge in [0.25, 0.3) is 0 Å². The van der Waals surface area contributed by atoms with Crippen LogP contribution in [0.1, 0.15) is 31.7 Å². The van der Waals surface area contributed by atoms with Gasteiger partial charge in [0.2, 0.25) is 0 Å². The fourth-order valence-corrected chi connectivity index (χ4v) is 3.95. The highest BCUT2D eigenvalue weighted by Crippen LogP contribution is 2.31. The molecule has 1 aliphatic heterocycles. The van der Waals surface area contributed by atoms with Crippen LogP contribution in [0.4, 0.5) is 10.1 Å². The van der Waals surface area contributed by atoms with Crippen LogP contribution in [0.15, 0.2) is 18.2 Å². The number of anilines is 1. The van der Waals surface area contributed by atoms with E-state index in [2.05, 4.69) is 23.2 Å². The molecule has 1 aliphatic carbocycles. The summed E-state index contributed by atoms with van der Waals surface area (Å²) in [5, 5.41) is 4.14. The topological polar surface area (TPSA) is 15.3 Å². The molecule has 1 aromatic carbocycles. The molecule has 1 heterocycles. The van der Waals surface area contributed by atoms with Crippen LogP contribution in [0.2, 0.25) is 0 Å². The van der Waals surface area contributed by atoms with Crippen LogP contribution in [-0.4, -0.2) is 30.1 Å². The molecule has 1 unspecified atom stereocenters. The van der Waals surface area contributed by atoms with Crippen LogP contribution in [0.3, 0.4) is 0 Å². The van der Waals surface area contributed by atoms with Crippen molar-refractivity contribution in [1.29, 1.82) is 0 Å². The van der Waals surface area contributed by atoms with E-state index in [-0.39, 0.29) is 5.82 Å². The Kier molecular flexibility index (Phi) is 4.51. The molecule has 0 amide bonds. The third-order valence-electron chi connectivity index (χ3n) is 4.14. The van der Waals surface area contributed by atoms with Gasteiger partial charge in [0.1, 0.15) is 5.82 Å². The molecule has 0 bridgehead atoms. The van der Waals surface area contributed by atoms with E-state index in [1.54, 1.807) is 6.07 Å². The summed E-state index contributed by atoms with van der Waals surface area (Å²) in [6.45, 7) is 4.94. The van der Waals surface area contributed by atoms with Crippen molar-refractivity contribution in [1.82, 2.24) is 5.32 Å². The van der Waals surface area contributed by atoms with Gasteiger partial charge in [0.15, 0.2) is 0 Å². The Morgan fingerprint density at radius 3 is 3.00 bits per heavy atom. The van der Waals surface area contributed by atoms with Gasteiger partial charge in [-0.2, -0.15) is 11.8 Å². The average Bonchev–Trinajstić information content (AvgIpc) is 3.29. The van der Waals surface area contributed by atoms with Gasteiger partial charge in [-0.05, 0) is 30.9 Å². The number of halogens is 1. The smallest absolute Gasteiger partial charge is 0.146 e. The van der Waals surface area contributed by atoms with Gasteiger partial charge in [0.05, 0.1) is 5.69 Å². The van der Waals surface area contributed by atoms with Gasteiger partial charge in [-0.1, -0.05) is 19.1 Å². The number of para-hydroxylation sites is 1. The van der Waals surface area contributed by atoms with Gasteiger partial charge in [-0.25, -0.2) is 4.39 Å². The zero-order valence-electron chi connectivity index (χ0n) is 12.1. The summed E-state index contributed by atoms with van der Waals surface area (Å²) in [6, 6.07) is 6.15. The molecule has 1 saturated heterocycles. The lowest BCUT2D eigenvalue weighted by atomic mass is 10.1. The second-order valence-corrected chi connectivity index (χ2v) is 7.16. The van der Waals surface area contributed by atoms with Crippen molar-refractivity contribution in [2.24, 2.45) is 0 Å². The number of rotatable bonds is 5. The van der Waals surface area contributed by atoms with Crippen LogP contribution >= 0.6 is 11.8 Å². The van der Waals surface area contributed by atoms with Gasteiger partial charge >= 0.3 is 0 Å². The van der Waals surface area contributed by atoms with Crippen LogP contribution in [0.5, 0.6) is 0 Å². The van der Waals surface area contributed by atoms with E-state index in [9.17, 15) is 4.39 Å². The molecule has 0 aromatic heterocycles. The summed E-state index contributed by atoms with van der Waals surface area (Å²) in [5.74, 6) is 1.03. The van der Waals surface area contributed by atoms with Crippen molar-refractivity contribution in [3.05, 3.63) is 29.6 Å². The lowest BCUT2D eigenvalue weighted by Gasteiger charge is -2.35. The molecular weight excluding hydrogens is 271 g/mol. The second-order valence-electron chi connectivity index (χ2n) is 5.75. The maximum atomic E-state index is 14.3. The summed E-state index contributed by atoms with van der Waals surface area (Å²) in [4.78, 5) is 2.25. The van der Waals surface area contributed by atoms with Crippen molar-refractivity contribution in [3.63, 3.8) is 0 Å². The quantitative estimate of drug-likeness (QED) is 0.896. The Hall–Kier alpha value is -0.740. The SMILES string of the molecule is CCC1CN(c2c(F)cccc2CNC2CC2)CCS1. The molecule has 0 spiro atoms. The maximum absolute atomic E-state index is 14.3. The molecule has 0 radical (unpaired) electrons. The standard InChI is InChI=1S/C16H23FN2S/c1-2-14-11-19(8-9-20-14)16-12(4-3-5-15(16)17)10-18-13-6-7-13/h3-5,13-14,18H,2,6-11H2,1H3. The first kappa shape index (κ1) is 14.2. The van der Waals surface area contributed by atoms with Crippen molar-refractivity contribution in [2.75, 3.05) is 23.7 Å². The zero-order valence-corrected chi connectivity index (χ0v) is 12.9. The average molecular weight is 294 g/mol. The number of hydrogen-bond donors (Lipinski definition) is 1. The first-order valence-corrected chi connectivity index (χ1v) is 8.70. The first-order valence-electron chi connectivity index (χ1n) is 7.65. The molecule has 110 valence electrons. The Labute approximate surface area is 125 Å². The number of nitrogens with one attached hydrogen (secondary N) is 1. The van der Waals surface area contributed by atoms with Crippen molar-refractivity contribution in [3.8, 4) is 0 Å². The molecule has 2 aliphatic rings. The normalized spacial score (nSPS) is 23.1. The van der Waals surface area contributed by atoms with Crippen molar-refractivity contribution < 1.29 is 4.39 Å². The molecule has 1 aromatic rings. The van der Waals surface area contributed by atoms with E-state index in [1.165, 1.54) is 12.8 Å². The largest absolute Gasteiger partial charge is 0.367 e. The molecule has 1 saturated carbocycles. The fourth-order valence-electron chi connectivity index (χ4n) is 2.77. The lowest BCUT2D eigenvalue weighted by molar-refractivity contribution is 0.604. The molecule has 4 heteroatoms. The maximum Gasteiger partial charge on any atom is 0.146 e. The minimum atomic E-state index is -0.0677. The number of thioether (sulfide) groups is 1. The van der Waals surface area contributed by atoms with Crippen LogP contribution in [0, 0.1) is 5.82 Å². The lowest BCUT2D eigenvalue weighted by Crippen LogP contribution is -2.39. The van der Waals surface area contributed by atoms with Gasteiger partial charge in [-0.3, -0.25) is 0 Å². The van der Waals surface area contributed by atoms with E-state index in [0.29, 0.717) is 11.3 Å². The summed E-state index contributed by atoms with van der Waals surface area (Å²) in [5.41, 5.74) is 1.94. The number of benzene rings is 1. The van der Waals surface area contributed by atoms with E-state index in [0.717, 1.165) is 43.1 Å². The van der Waals surface area contributed by atoms with Crippen LogP contribution in [-0.2, 0) is 6.54 Å². The summed E-state index contributed by atoms with van der Waals surface area (Å²) < 4.78 is 14.3. The van der Waals surface area contributed by atoms with Gasteiger partial charge < -0.3 is 10.2 Å². The third kappa shape index (κ3) is 3.29. The summed E-state index contributed by atoms with van der Waals surface area (Å²) in [7, 11) is 0. The zero-order chi connectivity index (χ0) is 13.9. The van der Waals surface area contributed by atoms with Crippen LogP contribution < -0.4 is 10.2 Å². The Bertz CT molecular complexity index is 462. The minimum absolute atomic E-state index is 0.0677. The molecule has 2 nitrogen and oxygen atoms in total. The summed E-state index contributed by atoms with van der Waals surface area (Å²) >= 11 is 2.02. The molecule has 3 rings (SSSR count). The minimum Gasteiger partial charge on any atom is -0.367 e. The summed E-state index contributed by atoms with van der Waals surface area (Å²) in [6.07, 6.45) is 3.69. The van der Waals surface area contributed by atoms with Crippen LogP contribution in [0.25, 0.3) is 0 Å². The van der Waals surface area contributed by atoms with Crippen molar-refractivity contribution in [2.45, 2.75) is 44.0 Å².